The summed E-state index contributed by atoms with van der Waals surface area (Å²) < 4.78 is 7.04. The lowest BCUT2D eigenvalue weighted by molar-refractivity contribution is -0.134. The number of carbonyl (C=O) groups is 1. The van der Waals surface area contributed by atoms with Crippen molar-refractivity contribution in [2.75, 3.05) is 7.11 Å². The van der Waals surface area contributed by atoms with E-state index < -0.39 is 0 Å². The van der Waals surface area contributed by atoms with Crippen molar-refractivity contribution in [2.45, 2.75) is 26.2 Å². The number of aromatic nitrogens is 1. The number of benzene rings is 2. The van der Waals surface area contributed by atoms with Crippen molar-refractivity contribution in [3.05, 3.63) is 84.1 Å². The van der Waals surface area contributed by atoms with E-state index in [1.165, 1.54) is 31.6 Å². The van der Waals surface area contributed by atoms with Gasteiger partial charge >= 0.3 is 5.97 Å². The molecule has 0 aliphatic heterocycles. The van der Waals surface area contributed by atoms with Gasteiger partial charge in [-0.1, -0.05) is 55.8 Å². The highest BCUT2D eigenvalue weighted by Crippen LogP contribution is 2.36. The van der Waals surface area contributed by atoms with Crippen molar-refractivity contribution in [3.63, 3.8) is 0 Å². The number of rotatable bonds is 6. The molecular weight excluding hydrogens is 358 g/mol. The fraction of sp³-hybridized carbons (Fsp3) is 0.192. The number of carbonyl (C=O) groups excluding carboxylic acids is 1. The van der Waals surface area contributed by atoms with E-state index >= 15 is 0 Å². The maximum atomic E-state index is 11.8. The average Bonchev–Trinajstić information content (AvgIpc) is 3.26. The number of esters is 1. The van der Waals surface area contributed by atoms with E-state index in [4.69, 9.17) is 4.74 Å². The largest absolute Gasteiger partial charge is 0.466 e. The summed E-state index contributed by atoms with van der Waals surface area (Å²) >= 11 is 0. The molecule has 0 fully saturated rings. The Morgan fingerprint density at radius 1 is 1.00 bits per heavy atom. The Bertz CT molecular complexity index is 1180. The average molecular weight is 383 g/mol. The first kappa shape index (κ1) is 19.0. The molecule has 0 unspecified atom stereocenters. The summed E-state index contributed by atoms with van der Waals surface area (Å²) in [5.41, 5.74) is 6.88. The second-order valence-electron chi connectivity index (χ2n) is 7.23. The number of nitrogens with zero attached hydrogens (tertiary/aromatic N) is 1. The van der Waals surface area contributed by atoms with Crippen LogP contribution in [0.4, 0.5) is 0 Å². The number of ether oxygens (including phenoxy) is 1. The monoisotopic (exact) mass is 383 g/mol. The third-order valence-electron chi connectivity index (χ3n) is 5.38. The molecule has 0 aliphatic carbocycles. The predicted molar refractivity (Wildman–Crippen MR) is 120 cm³/mol. The van der Waals surface area contributed by atoms with E-state index in [-0.39, 0.29) is 5.97 Å². The molecular formula is C26H25NO2. The van der Waals surface area contributed by atoms with Crippen LogP contribution in [-0.2, 0) is 16.0 Å². The van der Waals surface area contributed by atoms with Crippen LogP contribution >= 0.6 is 0 Å². The number of unbranched alkanes of at least 4 members (excludes halogenated alkanes) is 1. The summed E-state index contributed by atoms with van der Waals surface area (Å²) in [6.45, 7) is 2.22. The van der Waals surface area contributed by atoms with Gasteiger partial charge in [0.2, 0.25) is 0 Å². The van der Waals surface area contributed by atoms with Crippen molar-refractivity contribution in [1.82, 2.24) is 4.40 Å². The Morgan fingerprint density at radius 2 is 1.76 bits per heavy atom. The molecule has 146 valence electrons. The smallest absolute Gasteiger partial charge is 0.330 e. The molecule has 2 aromatic carbocycles. The van der Waals surface area contributed by atoms with Crippen LogP contribution in [0.5, 0.6) is 0 Å². The van der Waals surface area contributed by atoms with Crippen molar-refractivity contribution >= 4 is 28.5 Å². The molecule has 0 atom stereocenters. The number of fused-ring (bicyclic) bond motifs is 3. The number of pyridine rings is 1. The molecule has 3 heteroatoms. The number of para-hydroxylation sites is 1. The Balaban J connectivity index is 1.96. The van der Waals surface area contributed by atoms with Crippen molar-refractivity contribution < 1.29 is 9.53 Å². The fourth-order valence-electron chi connectivity index (χ4n) is 3.89. The third-order valence-corrected chi connectivity index (χ3v) is 5.38. The van der Waals surface area contributed by atoms with Crippen molar-refractivity contribution in [2.24, 2.45) is 0 Å². The molecule has 2 aromatic heterocycles. The van der Waals surface area contributed by atoms with E-state index in [9.17, 15) is 4.79 Å². The lowest BCUT2D eigenvalue weighted by atomic mass is 9.94. The van der Waals surface area contributed by atoms with Gasteiger partial charge < -0.3 is 9.14 Å². The zero-order valence-corrected chi connectivity index (χ0v) is 16.9. The molecule has 4 aromatic rings. The Labute approximate surface area is 171 Å². The summed E-state index contributed by atoms with van der Waals surface area (Å²) in [4.78, 5) is 11.8. The molecule has 4 rings (SSSR count). The first-order valence-electron chi connectivity index (χ1n) is 10.1. The van der Waals surface area contributed by atoms with Crippen LogP contribution in [0.2, 0.25) is 0 Å². The van der Waals surface area contributed by atoms with E-state index in [1.54, 1.807) is 0 Å². The van der Waals surface area contributed by atoms with Crippen LogP contribution in [0.15, 0.2) is 72.9 Å². The van der Waals surface area contributed by atoms with Crippen molar-refractivity contribution in [3.8, 4) is 11.1 Å². The van der Waals surface area contributed by atoms with E-state index in [2.05, 4.69) is 66.1 Å². The van der Waals surface area contributed by atoms with Gasteiger partial charge in [0.1, 0.15) is 0 Å². The highest BCUT2D eigenvalue weighted by atomic mass is 16.5. The zero-order valence-electron chi connectivity index (χ0n) is 16.9. The van der Waals surface area contributed by atoms with Crippen LogP contribution in [0.3, 0.4) is 0 Å². The van der Waals surface area contributed by atoms with Gasteiger partial charge in [0.05, 0.1) is 18.1 Å². The summed E-state index contributed by atoms with van der Waals surface area (Å²) in [5.74, 6) is -0.356. The SMILES string of the molecule is CCCCc1ccc(-c2c(/C=C/C(=O)OC)c3ccccc3n3cccc23)cc1. The Morgan fingerprint density at radius 3 is 2.52 bits per heavy atom. The van der Waals surface area contributed by atoms with Crippen LogP contribution in [0.1, 0.15) is 30.9 Å². The van der Waals surface area contributed by atoms with Gasteiger partial charge in [-0.05, 0) is 53.8 Å². The van der Waals surface area contributed by atoms with Crippen LogP contribution in [-0.4, -0.2) is 17.5 Å². The third kappa shape index (κ3) is 3.68. The van der Waals surface area contributed by atoms with Gasteiger partial charge in [0.15, 0.2) is 0 Å². The van der Waals surface area contributed by atoms with E-state index in [0.29, 0.717) is 0 Å². The van der Waals surface area contributed by atoms with Gasteiger partial charge in [-0.3, -0.25) is 0 Å². The van der Waals surface area contributed by atoms with Gasteiger partial charge in [-0.15, -0.1) is 0 Å². The second kappa shape index (κ2) is 8.36. The molecule has 2 heterocycles. The second-order valence-corrected chi connectivity index (χ2v) is 7.23. The number of hydrogen-bond donors (Lipinski definition) is 0. The highest BCUT2D eigenvalue weighted by molar-refractivity contribution is 6.04. The molecule has 0 N–H and O–H groups in total. The molecule has 3 nitrogen and oxygen atoms in total. The Kier molecular flexibility index (Phi) is 5.48. The van der Waals surface area contributed by atoms with Crippen LogP contribution < -0.4 is 0 Å². The summed E-state index contributed by atoms with van der Waals surface area (Å²) in [7, 11) is 1.40. The Hall–Kier alpha value is -3.33. The minimum Gasteiger partial charge on any atom is -0.466 e. The first-order valence-corrected chi connectivity index (χ1v) is 10.1. The minimum atomic E-state index is -0.356. The molecule has 0 spiro atoms. The van der Waals surface area contributed by atoms with Crippen molar-refractivity contribution in [1.29, 1.82) is 0 Å². The molecule has 0 amide bonds. The van der Waals surface area contributed by atoms with E-state index in [1.807, 2.05) is 18.2 Å². The van der Waals surface area contributed by atoms with Crippen LogP contribution in [0, 0.1) is 0 Å². The number of aryl methyl sites for hydroxylation is 1. The van der Waals surface area contributed by atoms with Gasteiger partial charge in [0, 0.05) is 23.2 Å². The standard InChI is InChI=1S/C26H25NO2/c1-3-4-8-19-12-14-20(15-13-19)26-22(16-17-25(28)29-2)21-9-5-6-10-23(21)27-18-7-11-24(26)27/h5-7,9-18H,3-4,8H2,1-2H3/b17-16+. The topological polar surface area (TPSA) is 30.7 Å². The maximum Gasteiger partial charge on any atom is 0.330 e. The first-order chi connectivity index (χ1) is 14.2. The summed E-state index contributed by atoms with van der Waals surface area (Å²) in [6, 6.07) is 21.3. The lowest BCUT2D eigenvalue weighted by Crippen LogP contribution is -1.97. The molecule has 0 aliphatic rings. The lowest BCUT2D eigenvalue weighted by Gasteiger charge is -2.15. The molecule has 0 bridgehead atoms. The van der Waals surface area contributed by atoms with Gasteiger partial charge in [-0.2, -0.15) is 0 Å². The highest BCUT2D eigenvalue weighted by Gasteiger charge is 2.14. The quantitative estimate of drug-likeness (QED) is 0.289. The van der Waals surface area contributed by atoms with E-state index in [0.717, 1.165) is 39.5 Å². The van der Waals surface area contributed by atoms with Gasteiger partial charge in [0.25, 0.3) is 0 Å². The maximum absolute atomic E-state index is 11.8. The molecule has 0 radical (unpaired) electrons. The number of hydrogen-bond acceptors (Lipinski definition) is 2. The summed E-state index contributed by atoms with van der Waals surface area (Å²) in [5, 5.41) is 1.10. The molecule has 0 saturated heterocycles. The normalized spacial score (nSPS) is 11.5. The summed E-state index contributed by atoms with van der Waals surface area (Å²) in [6.07, 6.45) is 8.96. The molecule has 29 heavy (non-hydrogen) atoms. The van der Waals surface area contributed by atoms with Crippen LogP contribution in [0.25, 0.3) is 33.6 Å². The molecule has 0 saturated carbocycles. The fourth-order valence-corrected chi connectivity index (χ4v) is 3.89. The minimum absolute atomic E-state index is 0.356. The zero-order chi connectivity index (χ0) is 20.2. The van der Waals surface area contributed by atoms with Gasteiger partial charge in [-0.25, -0.2) is 4.79 Å². The number of methoxy groups -OCH3 is 1. The predicted octanol–water partition coefficient (Wildman–Crippen LogP) is 6.29.